The van der Waals surface area contributed by atoms with Crippen LogP contribution in [0.3, 0.4) is 0 Å². The second kappa shape index (κ2) is 6.00. The number of fused-ring (bicyclic) bond motifs is 1. The van der Waals surface area contributed by atoms with E-state index in [1.165, 1.54) is 11.3 Å². The van der Waals surface area contributed by atoms with E-state index >= 15 is 0 Å². The number of hydrogen-bond donors (Lipinski definition) is 1. The first kappa shape index (κ1) is 14.3. The molecule has 3 nitrogen and oxygen atoms in total. The number of aryl methyl sites for hydroxylation is 2. The van der Waals surface area contributed by atoms with Gasteiger partial charge in [-0.25, -0.2) is 4.98 Å². The van der Waals surface area contributed by atoms with Crippen molar-refractivity contribution in [2.24, 2.45) is 5.73 Å². The van der Waals surface area contributed by atoms with Crippen LogP contribution in [-0.2, 0) is 6.42 Å². The highest BCUT2D eigenvalue weighted by Crippen LogP contribution is 2.27. The molecule has 0 saturated heterocycles. The number of nitrogens with two attached hydrogens (primary N) is 1. The number of pyridine rings is 1. The van der Waals surface area contributed by atoms with E-state index in [0.29, 0.717) is 6.54 Å². The summed E-state index contributed by atoms with van der Waals surface area (Å²) in [4.78, 5) is 4.81. The Morgan fingerprint density at radius 1 is 1.14 bits per heavy atom. The van der Waals surface area contributed by atoms with E-state index in [-0.39, 0.29) is 0 Å². The monoisotopic (exact) mass is 343 g/mol. The van der Waals surface area contributed by atoms with Crippen LogP contribution in [-0.4, -0.2) is 15.9 Å². The average molecular weight is 344 g/mol. The molecule has 3 rings (SSSR count). The predicted octanol–water partition coefficient (Wildman–Crippen LogP) is 3.96. The van der Waals surface area contributed by atoms with Crippen molar-refractivity contribution < 1.29 is 0 Å². The van der Waals surface area contributed by atoms with Crippen LogP contribution in [0.5, 0.6) is 0 Å². The standard InChI is InChI=1S/C17H18BrN3/c1-12-4-6-13(7-5-12)17-15(3-2-10-19)21-11-14(18)8-9-16(21)20-17/h4-9,11H,2-3,10,19H2,1H3. The fraction of sp³-hybridized carbons (Fsp3) is 0.235. The Balaban J connectivity index is 2.18. The second-order valence-corrected chi connectivity index (χ2v) is 6.16. The molecule has 0 fully saturated rings. The topological polar surface area (TPSA) is 43.3 Å². The van der Waals surface area contributed by atoms with E-state index in [1.54, 1.807) is 0 Å². The van der Waals surface area contributed by atoms with Crippen molar-refractivity contribution in [3.63, 3.8) is 0 Å². The van der Waals surface area contributed by atoms with Crippen molar-refractivity contribution in [1.82, 2.24) is 9.38 Å². The van der Waals surface area contributed by atoms with Gasteiger partial charge in [-0.1, -0.05) is 29.8 Å². The summed E-state index contributed by atoms with van der Waals surface area (Å²) >= 11 is 3.54. The van der Waals surface area contributed by atoms with Gasteiger partial charge in [0.2, 0.25) is 0 Å². The summed E-state index contributed by atoms with van der Waals surface area (Å²) in [6.45, 7) is 2.79. The summed E-state index contributed by atoms with van der Waals surface area (Å²) in [6.07, 6.45) is 3.96. The molecule has 0 spiro atoms. The molecule has 0 saturated carbocycles. The summed E-state index contributed by atoms with van der Waals surface area (Å²) in [7, 11) is 0. The second-order valence-electron chi connectivity index (χ2n) is 5.24. The zero-order valence-electron chi connectivity index (χ0n) is 12.0. The van der Waals surface area contributed by atoms with Crippen molar-refractivity contribution >= 4 is 21.6 Å². The van der Waals surface area contributed by atoms with Gasteiger partial charge in [0.15, 0.2) is 0 Å². The van der Waals surface area contributed by atoms with Crippen LogP contribution in [0.25, 0.3) is 16.9 Å². The van der Waals surface area contributed by atoms with Gasteiger partial charge in [-0.05, 0) is 54.4 Å². The lowest BCUT2D eigenvalue weighted by Gasteiger charge is -2.05. The Morgan fingerprint density at radius 3 is 2.62 bits per heavy atom. The number of benzene rings is 1. The maximum absolute atomic E-state index is 5.69. The van der Waals surface area contributed by atoms with Crippen LogP contribution in [0.2, 0.25) is 0 Å². The van der Waals surface area contributed by atoms with Crippen LogP contribution in [0, 0.1) is 6.92 Å². The van der Waals surface area contributed by atoms with E-state index in [9.17, 15) is 0 Å². The first-order valence-electron chi connectivity index (χ1n) is 7.12. The van der Waals surface area contributed by atoms with Gasteiger partial charge in [0, 0.05) is 16.2 Å². The van der Waals surface area contributed by atoms with Gasteiger partial charge in [-0.15, -0.1) is 0 Å². The molecule has 2 aromatic heterocycles. The Kier molecular flexibility index (Phi) is 4.08. The Morgan fingerprint density at radius 2 is 1.90 bits per heavy atom. The zero-order chi connectivity index (χ0) is 14.8. The number of aromatic nitrogens is 2. The third kappa shape index (κ3) is 2.87. The minimum absolute atomic E-state index is 0.689. The number of rotatable bonds is 4. The molecular weight excluding hydrogens is 326 g/mol. The summed E-state index contributed by atoms with van der Waals surface area (Å²) in [5.74, 6) is 0. The quantitative estimate of drug-likeness (QED) is 0.778. The van der Waals surface area contributed by atoms with Gasteiger partial charge in [-0.3, -0.25) is 0 Å². The Hall–Kier alpha value is -1.65. The molecule has 2 N–H and O–H groups in total. The van der Waals surface area contributed by atoms with Crippen molar-refractivity contribution in [2.75, 3.05) is 6.54 Å². The van der Waals surface area contributed by atoms with Gasteiger partial charge in [-0.2, -0.15) is 0 Å². The van der Waals surface area contributed by atoms with Crippen LogP contribution < -0.4 is 5.73 Å². The largest absolute Gasteiger partial charge is 0.330 e. The molecule has 0 aliphatic carbocycles. The summed E-state index contributed by atoms with van der Waals surface area (Å²) in [5, 5.41) is 0. The summed E-state index contributed by atoms with van der Waals surface area (Å²) in [6, 6.07) is 12.6. The number of nitrogens with zero attached hydrogens (tertiary/aromatic N) is 2. The Labute approximate surface area is 132 Å². The van der Waals surface area contributed by atoms with Crippen molar-refractivity contribution in [2.45, 2.75) is 19.8 Å². The first-order valence-corrected chi connectivity index (χ1v) is 7.92. The molecule has 4 heteroatoms. The number of halogens is 1. The molecule has 0 amide bonds. The third-order valence-electron chi connectivity index (χ3n) is 3.62. The number of imidazole rings is 1. The van der Waals surface area contributed by atoms with Crippen LogP contribution in [0.15, 0.2) is 47.1 Å². The smallest absolute Gasteiger partial charge is 0.137 e. The maximum Gasteiger partial charge on any atom is 0.137 e. The van der Waals surface area contributed by atoms with E-state index in [2.05, 4.69) is 57.7 Å². The fourth-order valence-electron chi connectivity index (χ4n) is 2.52. The van der Waals surface area contributed by atoms with Crippen LogP contribution >= 0.6 is 15.9 Å². The highest BCUT2D eigenvalue weighted by molar-refractivity contribution is 9.10. The van der Waals surface area contributed by atoms with Crippen LogP contribution in [0.1, 0.15) is 17.7 Å². The molecule has 0 aliphatic heterocycles. The zero-order valence-corrected chi connectivity index (χ0v) is 13.6. The van der Waals surface area contributed by atoms with Gasteiger partial charge in [0.05, 0.1) is 11.4 Å². The van der Waals surface area contributed by atoms with Crippen LogP contribution in [0.4, 0.5) is 0 Å². The van der Waals surface area contributed by atoms with E-state index in [4.69, 9.17) is 10.7 Å². The normalized spacial score (nSPS) is 11.2. The molecule has 3 aromatic rings. The minimum Gasteiger partial charge on any atom is -0.330 e. The molecule has 0 aliphatic rings. The SMILES string of the molecule is Cc1ccc(-c2nc3ccc(Br)cn3c2CCCN)cc1. The molecule has 0 atom stereocenters. The molecule has 1 aromatic carbocycles. The predicted molar refractivity (Wildman–Crippen MR) is 90.4 cm³/mol. The summed E-state index contributed by atoms with van der Waals surface area (Å²) < 4.78 is 3.21. The van der Waals surface area contributed by atoms with E-state index < -0.39 is 0 Å². The van der Waals surface area contributed by atoms with E-state index in [1.807, 2.05) is 12.1 Å². The molecule has 108 valence electrons. The molecule has 21 heavy (non-hydrogen) atoms. The minimum atomic E-state index is 0.689. The van der Waals surface area contributed by atoms with Gasteiger partial charge in [0.1, 0.15) is 5.65 Å². The first-order chi connectivity index (χ1) is 10.2. The average Bonchev–Trinajstić information content (AvgIpc) is 2.83. The van der Waals surface area contributed by atoms with E-state index in [0.717, 1.165) is 34.2 Å². The molecule has 0 bridgehead atoms. The fourth-order valence-corrected chi connectivity index (χ4v) is 2.86. The van der Waals surface area contributed by atoms with Crippen molar-refractivity contribution in [3.05, 3.63) is 58.3 Å². The maximum atomic E-state index is 5.69. The summed E-state index contributed by atoms with van der Waals surface area (Å²) in [5.41, 5.74) is 11.4. The van der Waals surface area contributed by atoms with Crippen molar-refractivity contribution in [3.8, 4) is 11.3 Å². The third-order valence-corrected chi connectivity index (χ3v) is 4.09. The lowest BCUT2D eigenvalue weighted by Crippen LogP contribution is -2.03. The van der Waals surface area contributed by atoms with Gasteiger partial charge < -0.3 is 10.1 Å². The van der Waals surface area contributed by atoms with Crippen molar-refractivity contribution in [1.29, 1.82) is 0 Å². The van der Waals surface area contributed by atoms with Gasteiger partial charge in [0.25, 0.3) is 0 Å². The molecule has 0 unspecified atom stereocenters. The highest BCUT2D eigenvalue weighted by atomic mass is 79.9. The lowest BCUT2D eigenvalue weighted by atomic mass is 10.1. The van der Waals surface area contributed by atoms with Gasteiger partial charge >= 0.3 is 0 Å². The lowest BCUT2D eigenvalue weighted by molar-refractivity contribution is 0.803. The highest BCUT2D eigenvalue weighted by Gasteiger charge is 2.13. The Bertz CT molecular complexity index is 760. The number of hydrogen-bond acceptors (Lipinski definition) is 2. The molecule has 0 radical (unpaired) electrons. The molecular formula is C17H18BrN3. The molecule has 2 heterocycles.